The number of benzene rings is 2. The number of para-hydroxylation sites is 1. The topological polar surface area (TPSA) is 194 Å². The Labute approximate surface area is 373 Å². The number of imidazole rings is 1. The molecule has 0 bridgehead atoms. The Hall–Kier alpha value is -5.33. The number of ether oxygens (including phenoxy) is 2. The number of carbonyl (C=O) groups excluding carboxylic acids is 4. The summed E-state index contributed by atoms with van der Waals surface area (Å²) in [5.74, 6) is -2.51. The Kier molecular flexibility index (Phi) is 13.1. The highest BCUT2D eigenvalue weighted by Crippen LogP contribution is 2.46. The second-order valence-electron chi connectivity index (χ2n) is 18.1. The summed E-state index contributed by atoms with van der Waals surface area (Å²) < 4.78 is 42.9. The zero-order valence-corrected chi connectivity index (χ0v) is 38.8. The Bertz CT molecular complexity index is 2510. The number of allylic oxidation sites excluding steroid dienone is 1. The van der Waals surface area contributed by atoms with Crippen LogP contribution in [0.25, 0.3) is 32.9 Å². The van der Waals surface area contributed by atoms with Gasteiger partial charge in [-0.2, -0.15) is 17.7 Å². The van der Waals surface area contributed by atoms with Crippen LogP contribution in [0.15, 0.2) is 60.7 Å². The van der Waals surface area contributed by atoms with Crippen LogP contribution in [0, 0.1) is 12.8 Å². The Morgan fingerprint density at radius 2 is 1.78 bits per heavy atom. The molecule has 2 aromatic carbocycles. The van der Waals surface area contributed by atoms with E-state index in [4.69, 9.17) is 19.4 Å². The summed E-state index contributed by atoms with van der Waals surface area (Å²) in [6.45, 7) is 11.2. The van der Waals surface area contributed by atoms with Crippen molar-refractivity contribution in [1.29, 1.82) is 0 Å². The predicted molar refractivity (Wildman–Crippen MR) is 241 cm³/mol. The van der Waals surface area contributed by atoms with Crippen LogP contribution in [-0.2, 0) is 29.3 Å². The number of alkyl carbamates (subject to hydrolysis) is 1. The molecule has 1 aliphatic carbocycles. The lowest BCUT2D eigenvalue weighted by molar-refractivity contribution is -0.141. The first-order chi connectivity index (χ1) is 29.8. The number of fused-ring (bicyclic) bond motifs is 3. The lowest BCUT2D eigenvalue weighted by Crippen LogP contribution is -2.58. The van der Waals surface area contributed by atoms with Crippen LogP contribution in [-0.4, -0.2) is 106 Å². The van der Waals surface area contributed by atoms with Crippen LogP contribution in [0.2, 0.25) is 0 Å². The molecule has 2 aromatic heterocycles. The number of aryl methyl sites for hydroxylation is 1. The van der Waals surface area contributed by atoms with Crippen LogP contribution in [0.5, 0.6) is 6.01 Å². The molecule has 1 saturated heterocycles. The number of aromatic nitrogens is 3. The molecule has 4 amide bonds. The van der Waals surface area contributed by atoms with Crippen molar-refractivity contribution in [3.8, 4) is 27.8 Å². The maximum Gasteiger partial charge on any atom is 0.408 e. The molecule has 7 rings (SSSR count). The van der Waals surface area contributed by atoms with E-state index in [9.17, 15) is 27.6 Å². The average molecular weight is 903 g/mol. The van der Waals surface area contributed by atoms with Gasteiger partial charge in [0.2, 0.25) is 11.8 Å². The van der Waals surface area contributed by atoms with Gasteiger partial charge < -0.3 is 25.0 Å². The lowest BCUT2D eigenvalue weighted by Gasteiger charge is -2.30. The summed E-state index contributed by atoms with van der Waals surface area (Å²) in [4.78, 5) is 68.9. The smallest absolute Gasteiger partial charge is 0.408 e. The molecule has 3 N–H and O–H groups in total. The van der Waals surface area contributed by atoms with E-state index in [2.05, 4.69) is 15.4 Å². The third kappa shape index (κ3) is 9.92. The minimum Gasteiger partial charge on any atom is -0.459 e. The van der Waals surface area contributed by atoms with Crippen molar-refractivity contribution in [1.82, 2.24) is 39.1 Å². The molecule has 18 heteroatoms. The van der Waals surface area contributed by atoms with Crippen LogP contribution in [0.3, 0.4) is 0 Å². The van der Waals surface area contributed by atoms with Crippen molar-refractivity contribution in [2.45, 2.75) is 122 Å². The van der Waals surface area contributed by atoms with Crippen molar-refractivity contribution >= 4 is 56.4 Å². The number of rotatable bonds is 9. The molecular formula is C45H58N8O8S2. The van der Waals surface area contributed by atoms with Gasteiger partial charge in [0.1, 0.15) is 39.9 Å². The van der Waals surface area contributed by atoms with E-state index in [1.807, 2.05) is 86.0 Å². The van der Waals surface area contributed by atoms with E-state index in [0.717, 1.165) is 49.4 Å². The number of nitrogens with one attached hydrogen (secondary N) is 3. The lowest BCUT2D eigenvalue weighted by atomic mass is 10.0. The van der Waals surface area contributed by atoms with Gasteiger partial charge in [-0.1, -0.05) is 61.4 Å². The first kappa shape index (κ1) is 45.7. The zero-order chi connectivity index (χ0) is 45.4. The van der Waals surface area contributed by atoms with Gasteiger partial charge in [0, 0.05) is 48.5 Å². The molecule has 4 aromatic rings. The fourth-order valence-electron chi connectivity index (χ4n) is 8.29. The Balaban J connectivity index is 1.24. The van der Waals surface area contributed by atoms with E-state index >= 15 is 0 Å². The first-order valence-corrected chi connectivity index (χ1v) is 23.8. The average Bonchev–Trinajstić information content (AvgIpc) is 3.48. The van der Waals surface area contributed by atoms with Gasteiger partial charge in [-0.3, -0.25) is 19.0 Å². The molecule has 1 saturated carbocycles. The van der Waals surface area contributed by atoms with Crippen molar-refractivity contribution in [3.63, 3.8) is 0 Å². The van der Waals surface area contributed by atoms with E-state index < -0.39 is 69.3 Å². The van der Waals surface area contributed by atoms with Crippen LogP contribution < -0.4 is 20.1 Å². The van der Waals surface area contributed by atoms with E-state index in [0.29, 0.717) is 30.8 Å². The normalized spacial score (nSPS) is 23.9. The third-order valence-electron chi connectivity index (χ3n) is 11.6. The summed E-state index contributed by atoms with van der Waals surface area (Å²) in [6.07, 6.45) is 5.55. The van der Waals surface area contributed by atoms with Gasteiger partial charge in [-0.15, -0.1) is 11.3 Å². The molecule has 0 unspecified atom stereocenters. The Morgan fingerprint density at radius 3 is 2.48 bits per heavy atom. The third-order valence-corrected chi connectivity index (χ3v) is 14.0. The summed E-state index contributed by atoms with van der Waals surface area (Å²) >= 11 is 1.58. The molecule has 2 fully saturated rings. The second kappa shape index (κ2) is 18.0. The van der Waals surface area contributed by atoms with E-state index in [1.54, 1.807) is 32.1 Å². The van der Waals surface area contributed by atoms with Crippen LogP contribution in [0.4, 0.5) is 4.79 Å². The molecule has 16 nitrogen and oxygen atoms in total. The Morgan fingerprint density at radius 1 is 1.03 bits per heavy atom. The molecule has 0 radical (unpaired) electrons. The highest BCUT2D eigenvalue weighted by Gasteiger charge is 2.62. The van der Waals surface area contributed by atoms with Crippen molar-refractivity contribution in [2.24, 2.45) is 5.92 Å². The standard InChI is InChI=1S/C45H58N8O8S2/c1-27(2)53-34-23-17-21-32(39-47-36(28(3)62-39)29-18-13-12-14-19-29)37(34)48-42(53)60-31-24-35-38(54)49-45(41(56)50-63(58,59)51(7)8)25-30(45)20-15-10-9-11-16-22-33(40(55)52(35)26-31)46-43(57)61-44(4,5)6/h12-15,17-21,23,27,30-31,33,35H,9-11,16,22,24-26H2,1-8H3,(H,46,57)(H,49,54)(H,50,56)/b20-15-/t30-,31-,33+,35+,45-/m1/s1. The molecule has 4 heterocycles. The van der Waals surface area contributed by atoms with Crippen molar-refractivity contribution in [2.75, 3.05) is 20.6 Å². The number of amides is 4. The number of carbonyl (C=O) groups is 4. The molecule has 0 spiro atoms. The molecule has 2 aliphatic heterocycles. The van der Waals surface area contributed by atoms with Crippen LogP contribution in [0.1, 0.15) is 90.5 Å². The predicted octanol–water partition coefficient (Wildman–Crippen LogP) is 6.28. The first-order valence-electron chi connectivity index (χ1n) is 21.5. The summed E-state index contributed by atoms with van der Waals surface area (Å²) in [6, 6.07) is 13.9. The fourth-order valence-corrected chi connectivity index (χ4v) is 9.85. The van der Waals surface area contributed by atoms with Gasteiger partial charge in [0.15, 0.2) is 0 Å². The maximum atomic E-state index is 14.7. The SMILES string of the molecule is Cc1sc(-c2cccc3c2nc(O[C@@H]2C[C@H]4C(=O)N[C@]5(C(=O)NS(=O)(=O)N(C)C)C[C@H]5/C=C\CCCCC[C@H](NC(=O)OC(C)(C)C)C(=O)N4C2)n3C(C)C)nc1-c1ccccc1. The molecule has 338 valence electrons. The van der Waals surface area contributed by atoms with Gasteiger partial charge >= 0.3 is 16.3 Å². The molecule has 5 atom stereocenters. The van der Waals surface area contributed by atoms with Gasteiger partial charge in [-0.05, 0) is 79.4 Å². The zero-order valence-electron chi connectivity index (χ0n) is 37.1. The summed E-state index contributed by atoms with van der Waals surface area (Å²) in [5.41, 5.74) is 1.87. The van der Waals surface area contributed by atoms with Crippen molar-refractivity contribution in [3.05, 3.63) is 65.6 Å². The maximum absolute atomic E-state index is 14.7. The van der Waals surface area contributed by atoms with E-state index in [1.165, 1.54) is 19.0 Å². The molecule has 3 aliphatic rings. The van der Waals surface area contributed by atoms with Crippen LogP contribution >= 0.6 is 11.3 Å². The second-order valence-corrected chi connectivity index (χ2v) is 21.1. The minimum atomic E-state index is -4.19. The van der Waals surface area contributed by atoms with Gasteiger partial charge in [-0.25, -0.2) is 14.5 Å². The molecular weight excluding hydrogens is 845 g/mol. The van der Waals surface area contributed by atoms with Gasteiger partial charge in [0.25, 0.3) is 11.9 Å². The summed E-state index contributed by atoms with van der Waals surface area (Å²) in [5, 5.41) is 6.46. The number of hydrogen-bond acceptors (Lipinski definition) is 11. The fraction of sp³-hybridized carbons (Fsp3) is 0.511. The minimum absolute atomic E-state index is 0.0190. The number of hydrogen-bond donors (Lipinski definition) is 3. The largest absolute Gasteiger partial charge is 0.459 e. The van der Waals surface area contributed by atoms with Gasteiger partial charge in [0.05, 0.1) is 17.8 Å². The molecule has 63 heavy (non-hydrogen) atoms. The van der Waals surface area contributed by atoms with E-state index in [-0.39, 0.29) is 25.4 Å². The quantitative estimate of drug-likeness (QED) is 0.161. The monoisotopic (exact) mass is 902 g/mol. The highest BCUT2D eigenvalue weighted by molar-refractivity contribution is 7.87. The number of thiazole rings is 1. The highest BCUT2D eigenvalue weighted by atomic mass is 32.2. The van der Waals surface area contributed by atoms with Crippen molar-refractivity contribution < 1.29 is 37.1 Å². The summed E-state index contributed by atoms with van der Waals surface area (Å²) in [7, 11) is -1.59. The number of nitrogens with zero attached hydrogens (tertiary/aromatic N) is 5.